The summed E-state index contributed by atoms with van der Waals surface area (Å²) in [6, 6.07) is 7.88. The molecule has 0 N–H and O–H groups in total. The molecule has 5 heteroatoms. The molecule has 0 aliphatic heterocycles. The molecule has 3 rings (SSSR count). The zero-order chi connectivity index (χ0) is 12.5. The standard InChI is InChI=1S/C13H7Cl2N3/c14-11-7-17-13(15)18-12(11)9-2-1-8-3-4-16-6-10(8)5-9/h1-7H. The van der Waals surface area contributed by atoms with E-state index in [1.807, 2.05) is 24.3 Å². The first-order valence-corrected chi connectivity index (χ1v) is 6.02. The predicted octanol–water partition coefficient (Wildman–Crippen LogP) is 4.00. The summed E-state index contributed by atoms with van der Waals surface area (Å²) in [6.45, 7) is 0. The Morgan fingerprint density at radius 1 is 0.944 bits per heavy atom. The number of rotatable bonds is 1. The van der Waals surface area contributed by atoms with Crippen molar-refractivity contribution in [2.75, 3.05) is 0 Å². The summed E-state index contributed by atoms with van der Waals surface area (Å²) in [5, 5.41) is 2.80. The molecule has 88 valence electrons. The molecular weight excluding hydrogens is 269 g/mol. The van der Waals surface area contributed by atoms with Crippen LogP contribution < -0.4 is 0 Å². The van der Waals surface area contributed by atoms with E-state index in [0.29, 0.717) is 10.7 Å². The minimum atomic E-state index is 0.181. The van der Waals surface area contributed by atoms with Gasteiger partial charge in [-0.2, -0.15) is 0 Å². The van der Waals surface area contributed by atoms with Crippen molar-refractivity contribution in [3.8, 4) is 11.3 Å². The second-order valence-electron chi connectivity index (χ2n) is 3.77. The van der Waals surface area contributed by atoms with Crippen LogP contribution in [0.2, 0.25) is 10.3 Å². The van der Waals surface area contributed by atoms with Crippen molar-refractivity contribution < 1.29 is 0 Å². The molecule has 18 heavy (non-hydrogen) atoms. The van der Waals surface area contributed by atoms with Crippen LogP contribution in [0.1, 0.15) is 0 Å². The predicted molar refractivity (Wildman–Crippen MR) is 72.8 cm³/mol. The third kappa shape index (κ3) is 2.03. The van der Waals surface area contributed by atoms with Gasteiger partial charge in [-0.3, -0.25) is 4.98 Å². The molecule has 2 aromatic heterocycles. The third-order valence-electron chi connectivity index (χ3n) is 2.63. The summed E-state index contributed by atoms with van der Waals surface area (Å²) in [5.41, 5.74) is 1.52. The van der Waals surface area contributed by atoms with Gasteiger partial charge in [-0.15, -0.1) is 0 Å². The molecule has 3 nitrogen and oxygen atoms in total. The van der Waals surface area contributed by atoms with Crippen molar-refractivity contribution in [2.24, 2.45) is 0 Å². The molecule has 0 spiro atoms. The van der Waals surface area contributed by atoms with Crippen LogP contribution in [0.4, 0.5) is 0 Å². The minimum absolute atomic E-state index is 0.181. The first-order chi connectivity index (χ1) is 8.74. The van der Waals surface area contributed by atoms with E-state index in [-0.39, 0.29) is 5.28 Å². The van der Waals surface area contributed by atoms with Crippen LogP contribution in [-0.2, 0) is 0 Å². The highest BCUT2D eigenvalue weighted by molar-refractivity contribution is 6.33. The molecule has 0 bridgehead atoms. The van der Waals surface area contributed by atoms with E-state index >= 15 is 0 Å². The second-order valence-corrected chi connectivity index (χ2v) is 4.52. The van der Waals surface area contributed by atoms with Gasteiger partial charge in [0.2, 0.25) is 5.28 Å². The Hall–Kier alpha value is -1.71. The average molecular weight is 276 g/mol. The molecule has 0 saturated heterocycles. The number of aromatic nitrogens is 3. The van der Waals surface area contributed by atoms with Crippen molar-refractivity contribution in [1.29, 1.82) is 0 Å². The lowest BCUT2D eigenvalue weighted by Crippen LogP contribution is -1.89. The zero-order valence-corrected chi connectivity index (χ0v) is 10.7. The van der Waals surface area contributed by atoms with E-state index in [2.05, 4.69) is 15.0 Å². The van der Waals surface area contributed by atoms with E-state index in [4.69, 9.17) is 23.2 Å². The van der Waals surface area contributed by atoms with Gasteiger partial charge in [0.25, 0.3) is 0 Å². The average Bonchev–Trinajstić information content (AvgIpc) is 2.41. The SMILES string of the molecule is Clc1ncc(Cl)c(-c2ccc3ccncc3c2)n1. The summed E-state index contributed by atoms with van der Waals surface area (Å²) in [6.07, 6.45) is 5.06. The highest BCUT2D eigenvalue weighted by atomic mass is 35.5. The van der Waals surface area contributed by atoms with Crippen molar-refractivity contribution >= 4 is 34.0 Å². The van der Waals surface area contributed by atoms with Crippen LogP contribution in [0.15, 0.2) is 42.9 Å². The second kappa shape index (κ2) is 4.52. The van der Waals surface area contributed by atoms with Gasteiger partial charge in [0, 0.05) is 23.3 Å². The number of fused-ring (bicyclic) bond motifs is 1. The van der Waals surface area contributed by atoms with Gasteiger partial charge >= 0.3 is 0 Å². The molecule has 0 aliphatic carbocycles. The Morgan fingerprint density at radius 2 is 1.83 bits per heavy atom. The Balaban J connectivity index is 2.22. The quantitative estimate of drug-likeness (QED) is 0.630. The molecule has 1 aromatic carbocycles. The molecule has 2 heterocycles. The topological polar surface area (TPSA) is 38.7 Å². The van der Waals surface area contributed by atoms with Crippen LogP contribution in [0.25, 0.3) is 22.0 Å². The Labute approximate surface area is 113 Å². The van der Waals surface area contributed by atoms with Crippen LogP contribution in [0.3, 0.4) is 0 Å². The summed E-state index contributed by atoms with van der Waals surface area (Å²) in [7, 11) is 0. The maximum Gasteiger partial charge on any atom is 0.222 e. The highest BCUT2D eigenvalue weighted by Crippen LogP contribution is 2.28. The van der Waals surface area contributed by atoms with Gasteiger partial charge in [-0.1, -0.05) is 23.7 Å². The fourth-order valence-corrected chi connectivity index (χ4v) is 2.11. The van der Waals surface area contributed by atoms with E-state index < -0.39 is 0 Å². The van der Waals surface area contributed by atoms with Crippen LogP contribution >= 0.6 is 23.2 Å². The molecule has 0 unspecified atom stereocenters. The molecule has 3 aromatic rings. The number of hydrogen-bond acceptors (Lipinski definition) is 3. The fraction of sp³-hybridized carbons (Fsp3) is 0. The van der Waals surface area contributed by atoms with Gasteiger partial charge < -0.3 is 0 Å². The van der Waals surface area contributed by atoms with E-state index in [1.165, 1.54) is 6.20 Å². The van der Waals surface area contributed by atoms with Gasteiger partial charge in [0.05, 0.1) is 16.9 Å². The van der Waals surface area contributed by atoms with E-state index in [1.54, 1.807) is 12.4 Å². The fourth-order valence-electron chi connectivity index (χ4n) is 1.78. The summed E-state index contributed by atoms with van der Waals surface area (Å²) < 4.78 is 0. The molecule has 0 saturated carbocycles. The smallest absolute Gasteiger partial charge is 0.222 e. The highest BCUT2D eigenvalue weighted by Gasteiger charge is 2.07. The molecular formula is C13H7Cl2N3. The summed E-state index contributed by atoms with van der Waals surface area (Å²) >= 11 is 11.9. The van der Waals surface area contributed by atoms with Crippen molar-refractivity contribution in [3.05, 3.63) is 53.2 Å². The number of halogens is 2. The number of benzene rings is 1. The van der Waals surface area contributed by atoms with Crippen LogP contribution in [-0.4, -0.2) is 15.0 Å². The van der Waals surface area contributed by atoms with Gasteiger partial charge in [0.15, 0.2) is 0 Å². The molecule has 0 radical (unpaired) electrons. The first kappa shape index (κ1) is 11.4. The van der Waals surface area contributed by atoms with E-state index in [9.17, 15) is 0 Å². The van der Waals surface area contributed by atoms with Gasteiger partial charge in [0.1, 0.15) is 0 Å². The normalized spacial score (nSPS) is 10.8. The molecule has 0 atom stereocenters. The lowest BCUT2D eigenvalue weighted by Gasteiger charge is -2.05. The van der Waals surface area contributed by atoms with Crippen LogP contribution in [0, 0.1) is 0 Å². The van der Waals surface area contributed by atoms with Crippen molar-refractivity contribution in [1.82, 2.24) is 15.0 Å². The monoisotopic (exact) mass is 275 g/mol. The number of pyridine rings is 1. The van der Waals surface area contributed by atoms with Gasteiger partial charge in [-0.25, -0.2) is 9.97 Å². The maximum atomic E-state index is 6.08. The molecule has 0 fully saturated rings. The van der Waals surface area contributed by atoms with E-state index in [0.717, 1.165) is 16.3 Å². The number of hydrogen-bond donors (Lipinski definition) is 0. The lowest BCUT2D eigenvalue weighted by molar-refractivity contribution is 1.17. The largest absolute Gasteiger partial charge is 0.264 e. The first-order valence-electron chi connectivity index (χ1n) is 5.26. The van der Waals surface area contributed by atoms with Crippen molar-refractivity contribution in [2.45, 2.75) is 0 Å². The zero-order valence-electron chi connectivity index (χ0n) is 9.14. The Kier molecular flexibility index (Phi) is 2.86. The minimum Gasteiger partial charge on any atom is -0.264 e. The molecule has 0 amide bonds. The summed E-state index contributed by atoms with van der Waals surface area (Å²) in [4.78, 5) is 12.1. The maximum absolute atomic E-state index is 6.08. The lowest BCUT2D eigenvalue weighted by atomic mass is 10.1. The third-order valence-corrected chi connectivity index (χ3v) is 3.09. The number of nitrogens with zero attached hydrogens (tertiary/aromatic N) is 3. The van der Waals surface area contributed by atoms with Crippen molar-refractivity contribution in [3.63, 3.8) is 0 Å². The van der Waals surface area contributed by atoms with Gasteiger partial charge in [-0.05, 0) is 29.1 Å². The Bertz CT molecular complexity index is 728. The Morgan fingerprint density at radius 3 is 2.72 bits per heavy atom. The summed E-state index contributed by atoms with van der Waals surface area (Å²) in [5.74, 6) is 0. The van der Waals surface area contributed by atoms with Crippen LogP contribution in [0.5, 0.6) is 0 Å². The molecule has 0 aliphatic rings.